The lowest BCUT2D eigenvalue weighted by Crippen LogP contribution is -2.48. The highest BCUT2D eigenvalue weighted by Gasteiger charge is 2.28. The molecule has 1 aliphatic rings. The van der Waals surface area contributed by atoms with E-state index in [-0.39, 0.29) is 12.5 Å². The van der Waals surface area contributed by atoms with Gasteiger partial charge >= 0.3 is 5.97 Å². The number of carboxylic acid groups (broad SMARTS) is 1. The molecule has 0 aromatic heterocycles. The molecule has 1 amide bonds. The fourth-order valence-corrected chi connectivity index (χ4v) is 1.60. The van der Waals surface area contributed by atoms with Crippen LogP contribution in [0.4, 0.5) is 0 Å². The molecule has 0 aromatic rings. The highest BCUT2D eigenvalue weighted by molar-refractivity contribution is 5.78. The van der Waals surface area contributed by atoms with Gasteiger partial charge in [-0.25, -0.2) is 4.79 Å². The van der Waals surface area contributed by atoms with E-state index >= 15 is 0 Å². The quantitative estimate of drug-likeness (QED) is 0.617. The van der Waals surface area contributed by atoms with E-state index < -0.39 is 12.1 Å². The lowest BCUT2D eigenvalue weighted by molar-refractivity contribution is -0.159. The Hall–Kier alpha value is -1.14. The van der Waals surface area contributed by atoms with Gasteiger partial charge in [-0.1, -0.05) is 0 Å². The largest absolute Gasteiger partial charge is 0.479 e. The second-order valence-corrected chi connectivity index (χ2v) is 3.78. The Balaban J connectivity index is 2.35. The fourth-order valence-electron chi connectivity index (χ4n) is 1.60. The van der Waals surface area contributed by atoms with Crippen molar-refractivity contribution in [3.05, 3.63) is 0 Å². The molecule has 1 atom stereocenters. The van der Waals surface area contributed by atoms with Crippen LogP contribution in [0.1, 0.15) is 19.3 Å². The van der Waals surface area contributed by atoms with Crippen molar-refractivity contribution in [2.24, 2.45) is 5.73 Å². The Kier molecular flexibility index (Phi) is 5.21. The van der Waals surface area contributed by atoms with Crippen LogP contribution in [0.2, 0.25) is 0 Å². The topological polar surface area (TPSA) is 92.9 Å². The van der Waals surface area contributed by atoms with Crippen LogP contribution in [-0.4, -0.2) is 54.2 Å². The van der Waals surface area contributed by atoms with Crippen LogP contribution >= 0.6 is 0 Å². The summed E-state index contributed by atoms with van der Waals surface area (Å²) >= 11 is 0. The number of morpholine rings is 1. The predicted octanol–water partition coefficient (Wildman–Crippen LogP) is -0.573. The van der Waals surface area contributed by atoms with Crippen molar-refractivity contribution < 1.29 is 19.4 Å². The van der Waals surface area contributed by atoms with Crippen LogP contribution in [0.3, 0.4) is 0 Å². The summed E-state index contributed by atoms with van der Waals surface area (Å²) in [5.74, 6) is -1.03. The average molecular weight is 230 g/mol. The number of carbonyl (C=O) groups is 2. The number of ether oxygens (including phenoxy) is 1. The van der Waals surface area contributed by atoms with Gasteiger partial charge in [0.05, 0.1) is 13.2 Å². The molecule has 1 aliphatic heterocycles. The third kappa shape index (κ3) is 3.79. The zero-order valence-electron chi connectivity index (χ0n) is 9.22. The molecule has 1 rings (SSSR count). The van der Waals surface area contributed by atoms with E-state index in [9.17, 15) is 9.59 Å². The number of amides is 1. The third-order valence-corrected chi connectivity index (χ3v) is 2.54. The van der Waals surface area contributed by atoms with Crippen molar-refractivity contribution in [3.63, 3.8) is 0 Å². The monoisotopic (exact) mass is 230 g/mol. The minimum absolute atomic E-state index is 0.0111. The van der Waals surface area contributed by atoms with Gasteiger partial charge in [0.2, 0.25) is 5.91 Å². The van der Waals surface area contributed by atoms with Crippen molar-refractivity contribution in [1.82, 2.24) is 4.90 Å². The lowest BCUT2D eigenvalue weighted by atomic mass is 10.2. The fraction of sp³-hybridized carbons (Fsp3) is 0.800. The Bertz CT molecular complexity index is 257. The Morgan fingerprint density at radius 3 is 2.81 bits per heavy atom. The molecule has 1 heterocycles. The van der Waals surface area contributed by atoms with Gasteiger partial charge in [0, 0.05) is 13.0 Å². The van der Waals surface area contributed by atoms with Gasteiger partial charge in [0.25, 0.3) is 0 Å². The number of unbranched alkanes of at least 4 members (excludes halogenated alkanes) is 1. The number of hydrogen-bond donors (Lipinski definition) is 2. The van der Waals surface area contributed by atoms with Gasteiger partial charge in [-0.2, -0.15) is 0 Å². The summed E-state index contributed by atoms with van der Waals surface area (Å²) in [5.41, 5.74) is 5.33. The van der Waals surface area contributed by atoms with Crippen LogP contribution < -0.4 is 5.73 Å². The van der Waals surface area contributed by atoms with Crippen LogP contribution in [0.5, 0.6) is 0 Å². The van der Waals surface area contributed by atoms with Crippen LogP contribution in [0, 0.1) is 0 Å². The molecular weight excluding hydrogens is 212 g/mol. The molecule has 6 heteroatoms. The maximum atomic E-state index is 11.7. The first-order valence-corrected chi connectivity index (χ1v) is 5.47. The Morgan fingerprint density at radius 1 is 1.44 bits per heavy atom. The average Bonchev–Trinajstić information content (AvgIpc) is 2.29. The first-order chi connectivity index (χ1) is 7.65. The molecule has 0 saturated carbocycles. The molecule has 0 bridgehead atoms. The first-order valence-electron chi connectivity index (χ1n) is 5.47. The normalized spacial score (nSPS) is 20.8. The molecule has 0 radical (unpaired) electrons. The SMILES string of the molecule is NCCCCC(=O)N1CCOC(C(=O)O)C1. The maximum Gasteiger partial charge on any atom is 0.334 e. The Labute approximate surface area is 94.3 Å². The van der Waals surface area contributed by atoms with E-state index in [1.54, 1.807) is 4.90 Å². The van der Waals surface area contributed by atoms with Gasteiger partial charge in [-0.3, -0.25) is 4.79 Å². The van der Waals surface area contributed by atoms with E-state index in [0.717, 1.165) is 12.8 Å². The van der Waals surface area contributed by atoms with Crippen LogP contribution in [-0.2, 0) is 14.3 Å². The molecule has 1 fully saturated rings. The number of carboxylic acids is 1. The Morgan fingerprint density at radius 2 is 2.19 bits per heavy atom. The van der Waals surface area contributed by atoms with Gasteiger partial charge < -0.3 is 20.5 Å². The second kappa shape index (κ2) is 6.44. The predicted molar refractivity (Wildman–Crippen MR) is 56.9 cm³/mol. The zero-order chi connectivity index (χ0) is 12.0. The van der Waals surface area contributed by atoms with Crippen LogP contribution in [0.15, 0.2) is 0 Å². The molecule has 6 nitrogen and oxygen atoms in total. The van der Waals surface area contributed by atoms with E-state index in [1.807, 2.05) is 0 Å². The number of carbonyl (C=O) groups excluding carboxylic acids is 1. The van der Waals surface area contributed by atoms with Gasteiger partial charge in [-0.15, -0.1) is 0 Å². The van der Waals surface area contributed by atoms with Gasteiger partial charge in [-0.05, 0) is 19.4 Å². The number of nitrogens with two attached hydrogens (primary N) is 1. The summed E-state index contributed by atoms with van der Waals surface area (Å²) in [6, 6.07) is 0. The molecular formula is C10H18N2O4. The molecule has 0 aliphatic carbocycles. The van der Waals surface area contributed by atoms with Crippen molar-refractivity contribution in [3.8, 4) is 0 Å². The smallest absolute Gasteiger partial charge is 0.334 e. The highest BCUT2D eigenvalue weighted by atomic mass is 16.5. The lowest BCUT2D eigenvalue weighted by Gasteiger charge is -2.30. The number of rotatable bonds is 5. The summed E-state index contributed by atoms with van der Waals surface area (Å²) in [7, 11) is 0. The minimum atomic E-state index is -1.01. The highest BCUT2D eigenvalue weighted by Crippen LogP contribution is 2.08. The molecule has 92 valence electrons. The van der Waals surface area contributed by atoms with E-state index in [0.29, 0.717) is 26.1 Å². The number of aliphatic carboxylic acids is 1. The molecule has 1 saturated heterocycles. The standard InChI is InChI=1S/C10H18N2O4/c11-4-2-1-3-9(13)12-5-6-16-8(7-12)10(14)15/h8H,1-7,11H2,(H,14,15). The summed E-state index contributed by atoms with van der Waals surface area (Å²) in [6.07, 6.45) is 1.12. The van der Waals surface area contributed by atoms with Crippen molar-refractivity contribution in [2.45, 2.75) is 25.4 Å². The summed E-state index contributed by atoms with van der Waals surface area (Å²) in [6.45, 7) is 1.50. The number of nitrogens with zero attached hydrogens (tertiary/aromatic N) is 1. The molecule has 16 heavy (non-hydrogen) atoms. The first kappa shape index (κ1) is 12.9. The van der Waals surface area contributed by atoms with Gasteiger partial charge in [0.1, 0.15) is 0 Å². The van der Waals surface area contributed by atoms with E-state index in [4.69, 9.17) is 15.6 Å². The third-order valence-electron chi connectivity index (χ3n) is 2.54. The molecule has 3 N–H and O–H groups in total. The van der Waals surface area contributed by atoms with Crippen molar-refractivity contribution >= 4 is 11.9 Å². The summed E-state index contributed by atoms with van der Waals surface area (Å²) in [5, 5.41) is 8.77. The van der Waals surface area contributed by atoms with E-state index in [1.165, 1.54) is 0 Å². The maximum absolute atomic E-state index is 11.7. The second-order valence-electron chi connectivity index (χ2n) is 3.78. The van der Waals surface area contributed by atoms with Gasteiger partial charge in [0.15, 0.2) is 6.10 Å². The van der Waals surface area contributed by atoms with Crippen molar-refractivity contribution in [2.75, 3.05) is 26.2 Å². The number of hydrogen-bond acceptors (Lipinski definition) is 4. The molecule has 0 aromatic carbocycles. The minimum Gasteiger partial charge on any atom is -0.479 e. The zero-order valence-corrected chi connectivity index (χ0v) is 9.22. The van der Waals surface area contributed by atoms with Crippen LogP contribution in [0.25, 0.3) is 0 Å². The van der Waals surface area contributed by atoms with E-state index in [2.05, 4.69) is 0 Å². The molecule has 1 unspecified atom stereocenters. The molecule has 0 spiro atoms. The summed E-state index contributed by atoms with van der Waals surface area (Å²) in [4.78, 5) is 23.9. The summed E-state index contributed by atoms with van der Waals surface area (Å²) < 4.78 is 5.03. The van der Waals surface area contributed by atoms with Crippen molar-refractivity contribution in [1.29, 1.82) is 0 Å².